The number of ether oxygens (including phenoxy) is 1. The average Bonchev–Trinajstić information content (AvgIpc) is 2.99. The number of rotatable bonds is 8. The van der Waals surface area contributed by atoms with Gasteiger partial charge in [-0.3, -0.25) is 9.59 Å². The Labute approximate surface area is 194 Å². The van der Waals surface area contributed by atoms with E-state index in [9.17, 15) is 14.0 Å². The maximum atomic E-state index is 13.3. The third-order valence-electron chi connectivity index (χ3n) is 6.21. The largest absolute Gasteiger partial charge is 0.380 e. The van der Waals surface area contributed by atoms with Crippen LogP contribution in [0, 0.1) is 5.82 Å². The van der Waals surface area contributed by atoms with Crippen LogP contribution in [-0.2, 0) is 14.3 Å². The number of benzene rings is 1. The molecular formula is C24H33ClFN3O3. The van der Waals surface area contributed by atoms with E-state index in [0.29, 0.717) is 37.7 Å². The summed E-state index contributed by atoms with van der Waals surface area (Å²) in [6.07, 6.45) is 8.07. The molecular weight excluding hydrogens is 433 g/mol. The number of likely N-dealkylation sites (tertiary alicyclic amines) is 1. The van der Waals surface area contributed by atoms with E-state index in [4.69, 9.17) is 16.3 Å². The van der Waals surface area contributed by atoms with Crippen LogP contribution in [0.5, 0.6) is 0 Å². The van der Waals surface area contributed by atoms with Crippen LogP contribution in [0.4, 0.5) is 4.39 Å². The normalized spacial score (nSPS) is 20.7. The molecule has 2 heterocycles. The van der Waals surface area contributed by atoms with Crippen molar-refractivity contribution in [3.8, 4) is 0 Å². The van der Waals surface area contributed by atoms with Crippen LogP contribution in [0.1, 0.15) is 37.7 Å². The Morgan fingerprint density at radius 2 is 2.03 bits per heavy atom. The molecule has 0 N–H and O–H groups in total. The maximum Gasteiger partial charge on any atom is 0.246 e. The summed E-state index contributed by atoms with van der Waals surface area (Å²) in [6.45, 7) is 5.36. The SMILES string of the molecule is COC1CCCN(CCCCN2CCN(C(=O)C=Cc3ccc(F)c(Cl)c3)CCC2=O)C1. The Kier molecular flexibility index (Phi) is 9.51. The van der Waals surface area contributed by atoms with E-state index in [2.05, 4.69) is 4.90 Å². The first-order chi connectivity index (χ1) is 15.5. The lowest BCUT2D eigenvalue weighted by Crippen LogP contribution is -2.40. The Balaban J connectivity index is 1.41. The number of methoxy groups -OCH3 is 1. The van der Waals surface area contributed by atoms with Crippen molar-refractivity contribution in [2.75, 3.05) is 52.9 Å². The number of nitrogens with zero attached hydrogens (tertiary/aromatic N) is 3. The van der Waals surface area contributed by atoms with Gasteiger partial charge in [0.25, 0.3) is 0 Å². The van der Waals surface area contributed by atoms with E-state index in [-0.39, 0.29) is 16.8 Å². The molecule has 32 heavy (non-hydrogen) atoms. The van der Waals surface area contributed by atoms with E-state index in [1.54, 1.807) is 24.2 Å². The van der Waals surface area contributed by atoms with Gasteiger partial charge in [-0.05, 0) is 62.5 Å². The minimum atomic E-state index is -0.489. The summed E-state index contributed by atoms with van der Waals surface area (Å²) in [7, 11) is 1.78. The second-order valence-corrected chi connectivity index (χ2v) is 8.88. The zero-order valence-electron chi connectivity index (χ0n) is 18.8. The molecule has 1 atom stereocenters. The topological polar surface area (TPSA) is 53.1 Å². The number of hydrogen-bond donors (Lipinski definition) is 0. The van der Waals surface area contributed by atoms with Crippen molar-refractivity contribution in [2.24, 2.45) is 0 Å². The molecule has 2 amide bonds. The molecule has 8 heteroatoms. The van der Waals surface area contributed by atoms with Gasteiger partial charge in [-0.1, -0.05) is 17.7 Å². The summed E-state index contributed by atoms with van der Waals surface area (Å²) in [6, 6.07) is 4.32. The van der Waals surface area contributed by atoms with Gasteiger partial charge >= 0.3 is 0 Å². The lowest BCUT2D eigenvalue weighted by atomic mass is 10.1. The molecule has 0 bridgehead atoms. The molecule has 1 aromatic rings. The van der Waals surface area contributed by atoms with Crippen LogP contribution < -0.4 is 0 Å². The fourth-order valence-corrected chi connectivity index (χ4v) is 4.45. The van der Waals surface area contributed by atoms with E-state index < -0.39 is 5.82 Å². The van der Waals surface area contributed by atoms with Crippen molar-refractivity contribution in [1.29, 1.82) is 0 Å². The zero-order valence-corrected chi connectivity index (χ0v) is 19.5. The minimum Gasteiger partial charge on any atom is -0.380 e. The predicted molar refractivity (Wildman–Crippen MR) is 124 cm³/mol. The summed E-state index contributed by atoms with van der Waals surface area (Å²) in [4.78, 5) is 31.1. The zero-order chi connectivity index (χ0) is 22.9. The smallest absolute Gasteiger partial charge is 0.246 e. The monoisotopic (exact) mass is 465 g/mol. The molecule has 6 nitrogen and oxygen atoms in total. The Bertz CT molecular complexity index is 820. The first-order valence-corrected chi connectivity index (χ1v) is 11.8. The second-order valence-electron chi connectivity index (χ2n) is 8.47. The molecule has 0 saturated carbocycles. The van der Waals surface area contributed by atoms with Crippen LogP contribution in [0.25, 0.3) is 6.08 Å². The molecule has 0 spiro atoms. The molecule has 3 rings (SSSR count). The third-order valence-corrected chi connectivity index (χ3v) is 6.50. The van der Waals surface area contributed by atoms with E-state index in [1.807, 2.05) is 4.90 Å². The summed E-state index contributed by atoms with van der Waals surface area (Å²) in [5.41, 5.74) is 0.655. The molecule has 1 unspecified atom stereocenters. The minimum absolute atomic E-state index is 0.0226. The highest BCUT2D eigenvalue weighted by molar-refractivity contribution is 6.30. The van der Waals surface area contributed by atoms with Gasteiger partial charge in [0.2, 0.25) is 11.8 Å². The van der Waals surface area contributed by atoms with Gasteiger partial charge in [0.05, 0.1) is 11.1 Å². The van der Waals surface area contributed by atoms with Gasteiger partial charge in [-0.15, -0.1) is 0 Å². The van der Waals surface area contributed by atoms with Gasteiger partial charge in [0.1, 0.15) is 5.82 Å². The second kappa shape index (κ2) is 12.3. The standard InChI is InChI=1S/C24H33ClFN3O3/c1-32-20-5-4-12-27(18-20)11-2-3-13-28-15-16-29(14-10-24(28)31)23(30)9-7-19-6-8-22(26)21(25)17-19/h6-9,17,20H,2-5,10-16,18H2,1H3. The fourth-order valence-electron chi connectivity index (χ4n) is 4.26. The summed E-state index contributed by atoms with van der Waals surface area (Å²) < 4.78 is 18.7. The number of hydrogen-bond acceptors (Lipinski definition) is 4. The lowest BCUT2D eigenvalue weighted by molar-refractivity contribution is -0.130. The molecule has 0 aliphatic carbocycles. The van der Waals surface area contributed by atoms with Crippen molar-refractivity contribution in [3.05, 3.63) is 40.7 Å². The Morgan fingerprint density at radius 1 is 1.22 bits per heavy atom. The summed E-state index contributed by atoms with van der Waals surface area (Å²) in [5, 5.41) is 0.0226. The Morgan fingerprint density at radius 3 is 2.81 bits per heavy atom. The van der Waals surface area contributed by atoms with Crippen LogP contribution in [0.15, 0.2) is 24.3 Å². The number of halogens is 2. The van der Waals surface area contributed by atoms with Gasteiger partial charge in [0.15, 0.2) is 0 Å². The average molecular weight is 466 g/mol. The van der Waals surface area contributed by atoms with Crippen LogP contribution in [0.2, 0.25) is 5.02 Å². The van der Waals surface area contributed by atoms with Crippen molar-refractivity contribution in [3.63, 3.8) is 0 Å². The Hall–Kier alpha value is -1.96. The van der Waals surface area contributed by atoms with E-state index in [0.717, 1.165) is 45.4 Å². The molecule has 0 radical (unpaired) electrons. The molecule has 2 saturated heterocycles. The van der Waals surface area contributed by atoms with Gasteiger partial charge < -0.3 is 19.4 Å². The van der Waals surface area contributed by atoms with Crippen molar-refractivity contribution >= 4 is 29.5 Å². The first kappa shape index (κ1) is 24.7. The number of carbonyl (C=O) groups is 2. The molecule has 2 fully saturated rings. The van der Waals surface area contributed by atoms with Gasteiger partial charge in [0, 0.05) is 52.3 Å². The summed E-state index contributed by atoms with van der Waals surface area (Å²) in [5.74, 6) is -0.540. The lowest BCUT2D eigenvalue weighted by Gasteiger charge is -2.32. The first-order valence-electron chi connectivity index (χ1n) is 11.4. The van der Waals surface area contributed by atoms with E-state index >= 15 is 0 Å². The molecule has 1 aromatic carbocycles. The van der Waals surface area contributed by atoms with Crippen LogP contribution in [-0.4, -0.2) is 85.5 Å². The molecule has 2 aliphatic rings. The summed E-state index contributed by atoms with van der Waals surface area (Å²) >= 11 is 5.79. The van der Waals surface area contributed by atoms with Crippen molar-refractivity contribution < 1.29 is 18.7 Å². The van der Waals surface area contributed by atoms with E-state index in [1.165, 1.54) is 24.6 Å². The predicted octanol–water partition coefficient (Wildman–Crippen LogP) is 3.44. The quantitative estimate of drug-likeness (QED) is 0.436. The van der Waals surface area contributed by atoms with Crippen LogP contribution >= 0.6 is 11.6 Å². The van der Waals surface area contributed by atoms with Gasteiger partial charge in [-0.2, -0.15) is 0 Å². The molecule has 2 aliphatic heterocycles. The highest BCUT2D eigenvalue weighted by atomic mass is 35.5. The number of carbonyl (C=O) groups excluding carboxylic acids is 2. The van der Waals surface area contributed by atoms with Crippen LogP contribution in [0.3, 0.4) is 0 Å². The number of piperidine rings is 1. The highest BCUT2D eigenvalue weighted by Gasteiger charge is 2.23. The molecule has 176 valence electrons. The van der Waals surface area contributed by atoms with Crippen molar-refractivity contribution in [1.82, 2.24) is 14.7 Å². The van der Waals surface area contributed by atoms with Crippen molar-refractivity contribution in [2.45, 2.75) is 38.2 Å². The third kappa shape index (κ3) is 7.29. The molecule has 0 aromatic heterocycles. The number of amides is 2. The maximum absolute atomic E-state index is 13.3. The van der Waals surface area contributed by atoms with Gasteiger partial charge in [-0.25, -0.2) is 4.39 Å². The fraction of sp³-hybridized carbons (Fsp3) is 0.583. The highest BCUT2D eigenvalue weighted by Crippen LogP contribution is 2.17. The number of unbranched alkanes of at least 4 members (excludes halogenated alkanes) is 1.